The van der Waals surface area contributed by atoms with Crippen molar-refractivity contribution in [2.45, 2.75) is 52.4 Å². The molecule has 0 heterocycles. The number of fused-ring (bicyclic) bond motifs is 3. The van der Waals surface area contributed by atoms with Crippen LogP contribution in [0.3, 0.4) is 0 Å². The first-order valence-corrected chi connectivity index (χ1v) is 17.5. The normalized spacial score (nSPS) is 12.4. The molecule has 0 saturated carbocycles. The van der Waals surface area contributed by atoms with Gasteiger partial charge >= 0.3 is 0 Å². The molecule has 7 aromatic rings. The van der Waals surface area contributed by atoms with Gasteiger partial charge < -0.3 is 0 Å². The maximum absolute atomic E-state index is 2.38. The Bertz CT molecular complexity index is 2080. The standard InChI is InChI=1S/C48H42/c1-31(2)43-37-27-17-18-28-38(37)44(32(3)4)40-30-42-41(29-39(40)43)45(33-19-9-5-10-20-33)47(35-23-13-7-14-24-35)48(36-25-15-8-16-26-36)46(42)34-21-11-6-12-22-34/h5-28,31-32H,29-30H2,1-4H3. The zero-order valence-electron chi connectivity index (χ0n) is 28.4. The highest BCUT2D eigenvalue weighted by Crippen LogP contribution is 2.54. The number of hydrogen-bond donors (Lipinski definition) is 0. The van der Waals surface area contributed by atoms with Crippen LogP contribution in [0.4, 0.5) is 0 Å². The Hall–Kier alpha value is -5.20. The molecule has 0 aromatic heterocycles. The molecule has 0 bridgehead atoms. The van der Waals surface area contributed by atoms with Crippen molar-refractivity contribution >= 4 is 10.8 Å². The molecule has 1 aliphatic carbocycles. The Morgan fingerprint density at radius 3 is 0.875 bits per heavy atom. The largest absolute Gasteiger partial charge is 0.0622 e. The highest BCUT2D eigenvalue weighted by molar-refractivity contribution is 6.05. The van der Waals surface area contributed by atoms with E-state index in [1.54, 1.807) is 11.1 Å². The van der Waals surface area contributed by atoms with Gasteiger partial charge in [0.2, 0.25) is 0 Å². The molecule has 0 nitrogen and oxygen atoms in total. The fraction of sp³-hybridized carbons (Fsp3) is 0.167. The van der Waals surface area contributed by atoms with Crippen molar-refractivity contribution in [3.05, 3.63) is 179 Å². The molecule has 0 radical (unpaired) electrons. The summed E-state index contributed by atoms with van der Waals surface area (Å²) in [4.78, 5) is 0. The summed E-state index contributed by atoms with van der Waals surface area (Å²) >= 11 is 0. The fourth-order valence-electron chi connectivity index (χ4n) is 8.56. The van der Waals surface area contributed by atoms with Gasteiger partial charge in [-0.15, -0.1) is 0 Å². The zero-order chi connectivity index (χ0) is 32.8. The van der Waals surface area contributed by atoms with Crippen LogP contribution in [0.1, 0.15) is 72.9 Å². The van der Waals surface area contributed by atoms with Crippen molar-refractivity contribution in [3.8, 4) is 44.5 Å². The first kappa shape index (κ1) is 30.2. The molecule has 0 heteroatoms. The lowest BCUT2D eigenvalue weighted by Gasteiger charge is -2.35. The van der Waals surface area contributed by atoms with Crippen LogP contribution in [0.25, 0.3) is 55.3 Å². The van der Waals surface area contributed by atoms with Crippen molar-refractivity contribution in [2.75, 3.05) is 0 Å². The van der Waals surface area contributed by atoms with Gasteiger partial charge in [0.15, 0.2) is 0 Å². The van der Waals surface area contributed by atoms with E-state index in [0.29, 0.717) is 11.8 Å². The molecule has 7 aromatic carbocycles. The van der Waals surface area contributed by atoms with Gasteiger partial charge in [-0.1, -0.05) is 173 Å². The molecular weight excluding hydrogens is 577 g/mol. The van der Waals surface area contributed by atoms with E-state index in [1.165, 1.54) is 77.5 Å². The molecule has 0 unspecified atom stereocenters. The Morgan fingerprint density at radius 2 is 0.583 bits per heavy atom. The third-order valence-electron chi connectivity index (χ3n) is 10.4. The predicted octanol–water partition coefficient (Wildman–Crippen LogP) is 13.2. The van der Waals surface area contributed by atoms with Gasteiger partial charge in [0, 0.05) is 0 Å². The topological polar surface area (TPSA) is 0 Å². The molecule has 0 fully saturated rings. The maximum Gasteiger partial charge on any atom is -0.00103 e. The minimum Gasteiger partial charge on any atom is -0.0622 e. The molecule has 1 aliphatic rings. The summed E-state index contributed by atoms with van der Waals surface area (Å²) in [6.07, 6.45) is 1.84. The van der Waals surface area contributed by atoms with Crippen LogP contribution in [-0.4, -0.2) is 0 Å². The monoisotopic (exact) mass is 618 g/mol. The molecule has 0 saturated heterocycles. The third-order valence-corrected chi connectivity index (χ3v) is 10.4. The quantitative estimate of drug-likeness (QED) is 0.174. The lowest BCUT2D eigenvalue weighted by molar-refractivity contribution is 0.813. The highest BCUT2D eigenvalue weighted by atomic mass is 14.4. The highest BCUT2D eigenvalue weighted by Gasteiger charge is 2.33. The third kappa shape index (κ3) is 4.99. The van der Waals surface area contributed by atoms with Gasteiger partial charge in [-0.2, -0.15) is 0 Å². The first-order valence-electron chi connectivity index (χ1n) is 17.5. The summed E-state index contributed by atoms with van der Waals surface area (Å²) in [5.74, 6) is 0.828. The van der Waals surface area contributed by atoms with Gasteiger partial charge in [0.1, 0.15) is 0 Å². The van der Waals surface area contributed by atoms with Crippen LogP contribution in [0.5, 0.6) is 0 Å². The second-order valence-electron chi connectivity index (χ2n) is 13.9. The van der Waals surface area contributed by atoms with Gasteiger partial charge in [-0.3, -0.25) is 0 Å². The van der Waals surface area contributed by atoms with E-state index in [9.17, 15) is 0 Å². The van der Waals surface area contributed by atoms with Gasteiger partial charge in [-0.05, 0) is 113 Å². The Labute approximate surface area is 285 Å². The molecule has 0 amide bonds. The van der Waals surface area contributed by atoms with E-state index in [1.807, 2.05) is 0 Å². The van der Waals surface area contributed by atoms with Crippen LogP contribution in [-0.2, 0) is 12.8 Å². The summed E-state index contributed by atoms with van der Waals surface area (Å²) < 4.78 is 0. The summed E-state index contributed by atoms with van der Waals surface area (Å²) in [6, 6.07) is 53.8. The van der Waals surface area contributed by atoms with Crippen molar-refractivity contribution in [2.24, 2.45) is 0 Å². The maximum atomic E-state index is 2.38. The van der Waals surface area contributed by atoms with Gasteiger partial charge in [0.05, 0.1) is 0 Å². The minimum atomic E-state index is 0.414. The van der Waals surface area contributed by atoms with Crippen LogP contribution in [0.15, 0.2) is 146 Å². The van der Waals surface area contributed by atoms with E-state index < -0.39 is 0 Å². The van der Waals surface area contributed by atoms with Crippen LogP contribution in [0, 0.1) is 0 Å². The number of rotatable bonds is 6. The van der Waals surface area contributed by atoms with E-state index in [-0.39, 0.29) is 0 Å². The smallest absolute Gasteiger partial charge is 0.00103 e. The fourth-order valence-corrected chi connectivity index (χ4v) is 8.56. The lowest BCUT2D eigenvalue weighted by atomic mass is 9.68. The van der Waals surface area contributed by atoms with E-state index in [0.717, 1.165) is 12.8 Å². The average molecular weight is 619 g/mol. The summed E-state index contributed by atoms with van der Waals surface area (Å²) in [6.45, 7) is 9.53. The number of benzene rings is 7. The molecule has 0 atom stereocenters. The predicted molar refractivity (Wildman–Crippen MR) is 206 cm³/mol. The SMILES string of the molecule is CC(C)c1c2c(c(C(C)C)c3ccccc13)Cc1c(c(-c3ccccc3)c(-c3ccccc3)c(-c3ccccc3)c1-c1ccccc1)C2. The van der Waals surface area contributed by atoms with Gasteiger partial charge in [-0.25, -0.2) is 0 Å². The Morgan fingerprint density at radius 1 is 0.312 bits per heavy atom. The molecule has 8 rings (SSSR count). The summed E-state index contributed by atoms with van der Waals surface area (Å²) in [5, 5.41) is 2.85. The molecule has 0 aliphatic heterocycles. The average Bonchev–Trinajstić information content (AvgIpc) is 3.13. The van der Waals surface area contributed by atoms with Crippen molar-refractivity contribution < 1.29 is 0 Å². The first-order chi connectivity index (χ1) is 23.5. The summed E-state index contributed by atoms with van der Waals surface area (Å²) in [5.41, 5.74) is 19.5. The molecule has 0 N–H and O–H groups in total. The van der Waals surface area contributed by atoms with E-state index >= 15 is 0 Å². The van der Waals surface area contributed by atoms with Gasteiger partial charge in [0.25, 0.3) is 0 Å². The van der Waals surface area contributed by atoms with Crippen molar-refractivity contribution in [1.82, 2.24) is 0 Å². The Balaban J connectivity index is 1.60. The number of hydrogen-bond acceptors (Lipinski definition) is 0. The minimum absolute atomic E-state index is 0.414. The van der Waals surface area contributed by atoms with Crippen molar-refractivity contribution in [3.63, 3.8) is 0 Å². The summed E-state index contributed by atoms with van der Waals surface area (Å²) in [7, 11) is 0. The van der Waals surface area contributed by atoms with E-state index in [2.05, 4.69) is 173 Å². The van der Waals surface area contributed by atoms with Crippen LogP contribution >= 0.6 is 0 Å². The molecule has 234 valence electrons. The second-order valence-corrected chi connectivity index (χ2v) is 13.9. The van der Waals surface area contributed by atoms with Crippen molar-refractivity contribution in [1.29, 1.82) is 0 Å². The lowest BCUT2D eigenvalue weighted by Crippen LogP contribution is -2.18. The van der Waals surface area contributed by atoms with Crippen LogP contribution < -0.4 is 0 Å². The molecule has 48 heavy (non-hydrogen) atoms. The van der Waals surface area contributed by atoms with E-state index in [4.69, 9.17) is 0 Å². The van der Waals surface area contributed by atoms with Crippen LogP contribution in [0.2, 0.25) is 0 Å². The Kier molecular flexibility index (Phi) is 7.81. The zero-order valence-corrected chi connectivity index (χ0v) is 28.4. The second kappa shape index (κ2) is 12.4. The molecule has 0 spiro atoms. The molecular formula is C48H42.